The molecule has 0 saturated heterocycles. The van der Waals surface area contributed by atoms with E-state index in [-0.39, 0.29) is 16.9 Å². The van der Waals surface area contributed by atoms with Crippen molar-refractivity contribution in [2.45, 2.75) is 37.2 Å². The largest absolute Gasteiger partial charge is 0.497 e. The van der Waals surface area contributed by atoms with Gasteiger partial charge in [0.15, 0.2) is 6.10 Å². The molecule has 1 aliphatic rings. The maximum atomic E-state index is 14.0. The van der Waals surface area contributed by atoms with E-state index in [1.165, 1.54) is 23.5 Å². The summed E-state index contributed by atoms with van der Waals surface area (Å²) in [5, 5.41) is 4.80. The number of nitrogens with one attached hydrogen (secondary N) is 1. The average molecular weight is 571 g/mol. The van der Waals surface area contributed by atoms with E-state index in [1.54, 1.807) is 30.3 Å². The molecule has 0 spiro atoms. The Morgan fingerprint density at radius 2 is 1.66 bits per heavy atom. The number of rotatable bonds is 5. The van der Waals surface area contributed by atoms with E-state index in [4.69, 9.17) is 13.9 Å². The van der Waals surface area contributed by atoms with E-state index in [2.05, 4.69) is 26.1 Å². The van der Waals surface area contributed by atoms with Crippen molar-refractivity contribution in [2.24, 2.45) is 0 Å². The van der Waals surface area contributed by atoms with Crippen molar-refractivity contribution in [1.29, 1.82) is 0 Å². The summed E-state index contributed by atoms with van der Waals surface area (Å²) in [4.78, 5) is 13.6. The molecular weight excluding hydrogens is 540 g/mol. The number of para-hydroxylation sites is 1. The standard InChI is InChI=1S/C32H30N2O6S/c1-32(2,3)20-9-16-28-26(17-20)34(41(36,37)23-13-11-22(38-4)12-14-23)19-30(40-28)31(35)33-21-10-15-25-24-7-5-6-8-27(24)39-29(25)18-21/h5-18,30H,19H2,1-4H3,(H,33,35)/t30-/m1/s1. The van der Waals surface area contributed by atoms with Gasteiger partial charge < -0.3 is 19.2 Å². The number of nitrogens with zero attached hydrogens (tertiary/aromatic N) is 1. The summed E-state index contributed by atoms with van der Waals surface area (Å²) in [7, 11) is -2.52. The number of furan rings is 1. The van der Waals surface area contributed by atoms with Gasteiger partial charge in [-0.1, -0.05) is 45.0 Å². The first-order valence-electron chi connectivity index (χ1n) is 13.2. The van der Waals surface area contributed by atoms with Gasteiger partial charge in [-0.05, 0) is 65.6 Å². The predicted octanol–water partition coefficient (Wildman–Crippen LogP) is 6.49. The normalized spacial score (nSPS) is 15.4. The number of anilines is 2. The van der Waals surface area contributed by atoms with E-state index in [0.29, 0.717) is 28.5 Å². The molecule has 2 heterocycles. The van der Waals surface area contributed by atoms with Crippen LogP contribution in [0.1, 0.15) is 26.3 Å². The molecule has 0 unspecified atom stereocenters. The second-order valence-electron chi connectivity index (χ2n) is 11.0. The smallest absolute Gasteiger partial charge is 0.267 e. The van der Waals surface area contributed by atoms with Gasteiger partial charge in [0.05, 0.1) is 24.2 Å². The van der Waals surface area contributed by atoms with Crippen molar-refractivity contribution in [1.82, 2.24) is 0 Å². The summed E-state index contributed by atoms with van der Waals surface area (Å²) in [6.07, 6.45) is -1.10. The molecule has 8 nitrogen and oxygen atoms in total. The molecule has 1 atom stereocenters. The third-order valence-corrected chi connectivity index (χ3v) is 9.07. The molecule has 1 amide bonds. The van der Waals surface area contributed by atoms with E-state index >= 15 is 0 Å². The highest BCUT2D eigenvalue weighted by atomic mass is 32.2. The average Bonchev–Trinajstić information content (AvgIpc) is 3.33. The Morgan fingerprint density at radius 1 is 0.927 bits per heavy atom. The van der Waals surface area contributed by atoms with E-state index in [0.717, 1.165) is 21.9 Å². The predicted molar refractivity (Wildman–Crippen MR) is 159 cm³/mol. The number of hydrogen-bond acceptors (Lipinski definition) is 6. The number of ether oxygens (including phenoxy) is 2. The fourth-order valence-electron chi connectivity index (χ4n) is 4.98. The van der Waals surface area contributed by atoms with E-state index in [1.807, 2.05) is 42.5 Å². The Labute approximate surface area is 238 Å². The summed E-state index contributed by atoms with van der Waals surface area (Å²) in [5.41, 5.74) is 3.01. The number of fused-ring (bicyclic) bond motifs is 4. The molecule has 6 rings (SSSR count). The molecule has 41 heavy (non-hydrogen) atoms. The van der Waals surface area contributed by atoms with Gasteiger partial charge in [0.1, 0.15) is 22.7 Å². The Kier molecular flexibility index (Phi) is 6.42. The first-order chi connectivity index (χ1) is 19.5. The Balaban J connectivity index is 1.34. The Hall–Kier alpha value is -4.50. The van der Waals surface area contributed by atoms with Crippen molar-refractivity contribution < 1.29 is 27.1 Å². The highest BCUT2D eigenvalue weighted by Gasteiger charge is 2.38. The van der Waals surface area contributed by atoms with Gasteiger partial charge in [0, 0.05) is 22.5 Å². The lowest BCUT2D eigenvalue weighted by atomic mass is 9.86. The molecule has 210 valence electrons. The molecule has 0 saturated carbocycles. The van der Waals surface area contributed by atoms with E-state index in [9.17, 15) is 13.2 Å². The minimum atomic E-state index is -4.04. The second-order valence-corrected chi connectivity index (χ2v) is 12.9. The zero-order valence-corrected chi connectivity index (χ0v) is 24.0. The fraction of sp³-hybridized carbons (Fsp3) is 0.219. The number of sulfonamides is 1. The lowest BCUT2D eigenvalue weighted by Gasteiger charge is -2.36. The third-order valence-electron chi connectivity index (χ3n) is 7.28. The molecule has 0 radical (unpaired) electrons. The van der Waals surface area contributed by atoms with Crippen LogP contribution in [0.4, 0.5) is 11.4 Å². The minimum Gasteiger partial charge on any atom is -0.497 e. The number of carbonyl (C=O) groups is 1. The van der Waals surface area contributed by atoms with Crippen LogP contribution in [-0.2, 0) is 20.2 Å². The van der Waals surface area contributed by atoms with Crippen molar-refractivity contribution in [3.05, 3.63) is 90.5 Å². The lowest BCUT2D eigenvalue weighted by Crippen LogP contribution is -2.49. The molecular formula is C32H30N2O6S. The maximum Gasteiger partial charge on any atom is 0.267 e. The van der Waals surface area contributed by atoms with Crippen LogP contribution < -0.4 is 19.1 Å². The summed E-state index contributed by atoms with van der Waals surface area (Å²) >= 11 is 0. The van der Waals surface area contributed by atoms with Crippen LogP contribution in [0.25, 0.3) is 21.9 Å². The number of benzene rings is 4. The van der Waals surface area contributed by atoms with Gasteiger partial charge in [-0.2, -0.15) is 0 Å². The van der Waals surface area contributed by atoms with Gasteiger partial charge in [0.25, 0.3) is 15.9 Å². The van der Waals surface area contributed by atoms with Crippen molar-refractivity contribution in [2.75, 3.05) is 23.3 Å². The van der Waals surface area contributed by atoms with Gasteiger partial charge in [0.2, 0.25) is 0 Å². The Bertz CT molecular complexity index is 1890. The van der Waals surface area contributed by atoms with Crippen LogP contribution in [-0.4, -0.2) is 34.1 Å². The monoisotopic (exact) mass is 570 g/mol. The molecule has 1 aliphatic heterocycles. The van der Waals surface area contributed by atoms with Gasteiger partial charge in [-0.25, -0.2) is 8.42 Å². The van der Waals surface area contributed by atoms with Crippen LogP contribution in [0.2, 0.25) is 0 Å². The maximum absolute atomic E-state index is 14.0. The Morgan fingerprint density at radius 3 is 2.39 bits per heavy atom. The van der Waals surface area contributed by atoms with Crippen LogP contribution in [0, 0.1) is 0 Å². The number of amides is 1. The molecule has 5 aromatic rings. The number of methoxy groups -OCH3 is 1. The zero-order valence-electron chi connectivity index (χ0n) is 23.2. The zero-order chi connectivity index (χ0) is 28.9. The topological polar surface area (TPSA) is 98.1 Å². The van der Waals surface area contributed by atoms with Crippen LogP contribution in [0.5, 0.6) is 11.5 Å². The summed E-state index contributed by atoms with van der Waals surface area (Å²) in [6, 6.07) is 24.8. The highest BCUT2D eigenvalue weighted by molar-refractivity contribution is 7.92. The van der Waals surface area contributed by atoms with Gasteiger partial charge in [-0.3, -0.25) is 9.10 Å². The SMILES string of the molecule is COc1ccc(S(=O)(=O)N2C[C@H](C(=O)Nc3ccc4c(c3)oc3ccccc34)Oc3ccc(C(C)(C)C)cc32)cc1. The first kappa shape index (κ1) is 26.7. The molecule has 1 aromatic heterocycles. The molecule has 1 N–H and O–H groups in total. The highest BCUT2D eigenvalue weighted by Crippen LogP contribution is 2.40. The van der Waals surface area contributed by atoms with Gasteiger partial charge in [-0.15, -0.1) is 0 Å². The van der Waals surface area contributed by atoms with Gasteiger partial charge >= 0.3 is 0 Å². The summed E-state index contributed by atoms with van der Waals surface area (Å²) in [6.45, 7) is 5.95. The van der Waals surface area contributed by atoms with Crippen molar-refractivity contribution >= 4 is 49.2 Å². The van der Waals surface area contributed by atoms with E-state index < -0.39 is 22.0 Å². The number of carbonyl (C=O) groups excluding carboxylic acids is 1. The summed E-state index contributed by atoms with van der Waals surface area (Å²) in [5.74, 6) is 0.384. The first-order valence-corrected chi connectivity index (χ1v) is 14.7. The second kappa shape index (κ2) is 9.85. The lowest BCUT2D eigenvalue weighted by molar-refractivity contribution is -0.122. The third kappa shape index (κ3) is 4.86. The van der Waals surface area contributed by atoms with Crippen LogP contribution in [0.15, 0.2) is 94.2 Å². The summed E-state index contributed by atoms with van der Waals surface area (Å²) < 4.78 is 46.4. The molecule has 0 aliphatic carbocycles. The molecule has 0 fully saturated rings. The fourth-order valence-corrected chi connectivity index (χ4v) is 6.45. The number of hydrogen-bond donors (Lipinski definition) is 1. The van der Waals surface area contributed by atoms with Crippen molar-refractivity contribution in [3.63, 3.8) is 0 Å². The van der Waals surface area contributed by atoms with Crippen LogP contribution in [0.3, 0.4) is 0 Å². The quantitative estimate of drug-likeness (QED) is 0.260. The molecule has 0 bridgehead atoms. The minimum absolute atomic E-state index is 0.0850. The van der Waals surface area contributed by atoms with Crippen molar-refractivity contribution in [3.8, 4) is 11.5 Å². The van der Waals surface area contributed by atoms with Crippen LogP contribution >= 0.6 is 0 Å². The molecule has 4 aromatic carbocycles. The molecule has 9 heteroatoms.